The lowest BCUT2D eigenvalue weighted by molar-refractivity contribution is -0.122. The van der Waals surface area contributed by atoms with Crippen molar-refractivity contribution in [3.8, 4) is 0 Å². The predicted molar refractivity (Wildman–Crippen MR) is 112 cm³/mol. The topological polar surface area (TPSA) is 75.9 Å². The molecule has 0 atom stereocenters. The molecule has 0 saturated carbocycles. The van der Waals surface area contributed by atoms with Gasteiger partial charge < -0.3 is 10.1 Å². The molecule has 2 aromatic rings. The molecule has 140 valence electrons. The summed E-state index contributed by atoms with van der Waals surface area (Å²) in [5.41, 5.74) is 0.543. The van der Waals surface area contributed by atoms with Crippen LogP contribution in [0.25, 0.3) is 11.7 Å². The van der Waals surface area contributed by atoms with Gasteiger partial charge in [0.15, 0.2) is 0 Å². The molecule has 1 aliphatic rings. The van der Waals surface area contributed by atoms with Gasteiger partial charge in [-0.15, -0.1) is 6.58 Å². The zero-order chi connectivity index (χ0) is 19.4. The highest BCUT2D eigenvalue weighted by Gasteiger charge is 2.32. The van der Waals surface area contributed by atoms with Gasteiger partial charge in [0.2, 0.25) is 0 Å². The number of thiocarbonyl (C=S) groups is 1. The number of hydrogen-bond acceptors (Lipinski definition) is 7. The largest absolute Gasteiger partial charge is 0.383 e. The van der Waals surface area contributed by atoms with Crippen molar-refractivity contribution in [3.63, 3.8) is 0 Å². The molecule has 2 aromatic heterocycles. The second kappa shape index (κ2) is 8.47. The Balaban J connectivity index is 2.07. The molecule has 27 heavy (non-hydrogen) atoms. The van der Waals surface area contributed by atoms with E-state index in [9.17, 15) is 9.59 Å². The van der Waals surface area contributed by atoms with Gasteiger partial charge in [-0.2, -0.15) is 0 Å². The van der Waals surface area contributed by atoms with Gasteiger partial charge in [0.1, 0.15) is 15.8 Å². The van der Waals surface area contributed by atoms with Gasteiger partial charge in [-0.05, 0) is 18.2 Å². The van der Waals surface area contributed by atoms with E-state index in [1.54, 1.807) is 43.7 Å². The van der Waals surface area contributed by atoms with Gasteiger partial charge >= 0.3 is 0 Å². The van der Waals surface area contributed by atoms with Crippen LogP contribution in [0.15, 0.2) is 46.8 Å². The van der Waals surface area contributed by atoms with E-state index in [4.69, 9.17) is 17.0 Å². The molecule has 0 aromatic carbocycles. The van der Waals surface area contributed by atoms with Crippen molar-refractivity contribution in [1.82, 2.24) is 14.3 Å². The van der Waals surface area contributed by atoms with E-state index in [1.807, 2.05) is 0 Å². The van der Waals surface area contributed by atoms with Gasteiger partial charge in [-0.25, -0.2) is 4.98 Å². The number of amides is 1. The fraction of sp³-hybridized carbons (Fsp3) is 0.222. The van der Waals surface area contributed by atoms with Crippen LogP contribution in [0.1, 0.15) is 5.56 Å². The SMILES string of the molecule is C=CCNc1nc2ccccn2c(=O)c1/C=C1/SC(=S)N(CCOC)C1=O. The second-order valence-corrected chi connectivity index (χ2v) is 7.28. The van der Waals surface area contributed by atoms with Crippen molar-refractivity contribution in [2.45, 2.75) is 0 Å². The number of methoxy groups -OCH3 is 1. The molecule has 0 radical (unpaired) electrons. The highest BCUT2D eigenvalue weighted by molar-refractivity contribution is 8.26. The number of carbonyl (C=O) groups excluding carboxylic acids is 1. The highest BCUT2D eigenvalue weighted by Crippen LogP contribution is 2.32. The summed E-state index contributed by atoms with van der Waals surface area (Å²) in [6.07, 6.45) is 4.86. The molecule has 0 spiro atoms. The van der Waals surface area contributed by atoms with Crippen LogP contribution in [0.4, 0.5) is 5.82 Å². The Bertz CT molecular complexity index is 1000. The Labute approximate surface area is 165 Å². The van der Waals surface area contributed by atoms with E-state index in [2.05, 4.69) is 16.9 Å². The summed E-state index contributed by atoms with van der Waals surface area (Å²) in [5, 5.41) is 3.07. The van der Waals surface area contributed by atoms with E-state index >= 15 is 0 Å². The third-order valence-electron chi connectivity index (χ3n) is 3.85. The zero-order valence-corrected chi connectivity index (χ0v) is 16.3. The van der Waals surface area contributed by atoms with Gasteiger partial charge in [0, 0.05) is 19.9 Å². The summed E-state index contributed by atoms with van der Waals surface area (Å²) in [4.78, 5) is 32.0. The third kappa shape index (κ3) is 3.95. The van der Waals surface area contributed by atoms with E-state index < -0.39 is 0 Å². The number of thioether (sulfide) groups is 1. The number of rotatable bonds is 7. The minimum Gasteiger partial charge on any atom is -0.383 e. The van der Waals surface area contributed by atoms with E-state index in [1.165, 1.54) is 9.30 Å². The number of fused-ring (bicyclic) bond motifs is 1. The molecule has 0 aliphatic carbocycles. The van der Waals surface area contributed by atoms with Gasteiger partial charge in [0.25, 0.3) is 11.5 Å². The molecule has 1 N–H and O–H groups in total. The molecule has 1 aliphatic heterocycles. The van der Waals surface area contributed by atoms with Crippen molar-refractivity contribution in [2.75, 3.05) is 32.1 Å². The summed E-state index contributed by atoms with van der Waals surface area (Å²) in [5.74, 6) is 0.155. The summed E-state index contributed by atoms with van der Waals surface area (Å²) >= 11 is 6.44. The maximum absolute atomic E-state index is 13.0. The predicted octanol–water partition coefficient (Wildman–Crippen LogP) is 2.14. The van der Waals surface area contributed by atoms with Crippen molar-refractivity contribution >= 4 is 51.7 Å². The fourth-order valence-electron chi connectivity index (χ4n) is 2.54. The number of anilines is 1. The molecular weight excluding hydrogens is 384 g/mol. The lowest BCUT2D eigenvalue weighted by Gasteiger charge is -2.13. The minimum atomic E-state index is -0.269. The molecule has 7 nitrogen and oxygen atoms in total. The van der Waals surface area contributed by atoms with Crippen molar-refractivity contribution in [3.05, 3.63) is 57.9 Å². The van der Waals surface area contributed by atoms with Gasteiger partial charge in [-0.1, -0.05) is 36.1 Å². The summed E-state index contributed by atoms with van der Waals surface area (Å²) < 4.78 is 6.90. The number of carbonyl (C=O) groups is 1. The van der Waals surface area contributed by atoms with Crippen LogP contribution in [0, 0.1) is 0 Å². The normalized spacial score (nSPS) is 15.7. The van der Waals surface area contributed by atoms with Crippen LogP contribution < -0.4 is 10.9 Å². The maximum atomic E-state index is 13.0. The average Bonchev–Trinajstić information content (AvgIpc) is 2.94. The number of ether oxygens (including phenoxy) is 1. The quantitative estimate of drug-likeness (QED) is 0.432. The number of hydrogen-bond donors (Lipinski definition) is 1. The molecule has 1 fully saturated rings. The first-order valence-electron chi connectivity index (χ1n) is 8.17. The highest BCUT2D eigenvalue weighted by atomic mass is 32.2. The van der Waals surface area contributed by atoms with Crippen LogP contribution >= 0.6 is 24.0 Å². The van der Waals surface area contributed by atoms with E-state index in [0.29, 0.717) is 46.0 Å². The van der Waals surface area contributed by atoms with Crippen LogP contribution in [0.2, 0.25) is 0 Å². The summed E-state index contributed by atoms with van der Waals surface area (Å²) in [7, 11) is 1.56. The number of nitrogens with one attached hydrogen (secondary N) is 1. The minimum absolute atomic E-state index is 0.241. The first kappa shape index (κ1) is 19.3. The van der Waals surface area contributed by atoms with Crippen molar-refractivity contribution in [1.29, 1.82) is 0 Å². The van der Waals surface area contributed by atoms with Crippen molar-refractivity contribution < 1.29 is 9.53 Å². The Hall–Kier alpha value is -2.49. The molecular formula is C18H18N4O3S2. The Kier molecular flexibility index (Phi) is 6.04. The van der Waals surface area contributed by atoms with Crippen LogP contribution in [0.3, 0.4) is 0 Å². The van der Waals surface area contributed by atoms with Crippen LogP contribution in [-0.2, 0) is 9.53 Å². The van der Waals surface area contributed by atoms with Crippen LogP contribution in [-0.4, -0.2) is 51.3 Å². The van der Waals surface area contributed by atoms with E-state index in [0.717, 1.165) is 11.8 Å². The molecule has 3 rings (SSSR count). The Morgan fingerprint density at radius 3 is 2.96 bits per heavy atom. The van der Waals surface area contributed by atoms with Crippen LogP contribution in [0.5, 0.6) is 0 Å². The number of pyridine rings is 1. The summed E-state index contributed by atoms with van der Waals surface area (Å²) in [6, 6.07) is 5.30. The van der Waals surface area contributed by atoms with E-state index in [-0.39, 0.29) is 11.5 Å². The molecule has 0 unspecified atom stereocenters. The van der Waals surface area contributed by atoms with Gasteiger partial charge in [0.05, 0.1) is 23.6 Å². The van der Waals surface area contributed by atoms with Gasteiger partial charge in [-0.3, -0.25) is 18.9 Å². The fourth-order valence-corrected chi connectivity index (χ4v) is 3.83. The molecule has 3 heterocycles. The average molecular weight is 403 g/mol. The smallest absolute Gasteiger partial charge is 0.267 e. The number of aromatic nitrogens is 2. The molecule has 9 heteroatoms. The first-order valence-corrected chi connectivity index (χ1v) is 9.39. The monoisotopic (exact) mass is 402 g/mol. The van der Waals surface area contributed by atoms with Crippen molar-refractivity contribution in [2.24, 2.45) is 0 Å². The Morgan fingerprint density at radius 1 is 1.41 bits per heavy atom. The standard InChI is InChI=1S/C18H18N4O3S2/c1-3-7-19-15-12(16(23)21-8-5-4-6-14(21)20-15)11-13-17(24)22(9-10-25-2)18(26)27-13/h3-6,8,11,19H,1,7,9-10H2,2H3/b13-11+. The second-order valence-electron chi connectivity index (χ2n) is 5.60. The maximum Gasteiger partial charge on any atom is 0.267 e. The number of nitrogens with zero attached hydrogens (tertiary/aromatic N) is 3. The lowest BCUT2D eigenvalue weighted by atomic mass is 10.2. The third-order valence-corrected chi connectivity index (χ3v) is 5.23. The molecule has 1 amide bonds. The zero-order valence-electron chi connectivity index (χ0n) is 14.7. The first-order chi connectivity index (χ1) is 13.1. The molecule has 1 saturated heterocycles. The lowest BCUT2D eigenvalue weighted by Crippen LogP contribution is -2.31. The summed E-state index contributed by atoms with van der Waals surface area (Å²) in [6.45, 7) is 4.86. The Morgan fingerprint density at radius 2 is 2.22 bits per heavy atom. The molecule has 0 bridgehead atoms.